The molecule has 0 heterocycles. The Morgan fingerprint density at radius 1 is 0.870 bits per heavy atom. The summed E-state index contributed by atoms with van der Waals surface area (Å²) in [5.74, 6) is 0. The molecule has 0 radical (unpaired) electrons. The molecule has 0 spiro atoms. The van der Waals surface area contributed by atoms with Gasteiger partial charge in [-0.05, 0) is 16.3 Å². The maximum absolute atomic E-state index is 12.0. The number of carbonyl (C=O) groups excluding carboxylic acids is 1. The molecule has 0 aliphatic carbocycles. The number of urea groups is 1. The second kappa shape index (κ2) is 7.03. The average Bonchev–Trinajstić information content (AvgIpc) is 2.60. The maximum atomic E-state index is 12.0. The van der Waals surface area contributed by atoms with E-state index in [-0.39, 0.29) is 6.03 Å². The second-order valence-electron chi connectivity index (χ2n) is 5.15. The van der Waals surface area contributed by atoms with Crippen molar-refractivity contribution in [2.75, 3.05) is 0 Å². The number of hydrogen-bond donors (Lipinski definition) is 2. The molecule has 2 N–H and O–H groups in total. The van der Waals surface area contributed by atoms with Crippen molar-refractivity contribution in [3.63, 3.8) is 0 Å². The Morgan fingerprint density at radius 3 is 2.39 bits per heavy atom. The molecule has 0 aliphatic rings. The van der Waals surface area contributed by atoms with Gasteiger partial charge in [-0.1, -0.05) is 85.0 Å². The first-order valence-corrected chi connectivity index (χ1v) is 7.76. The fourth-order valence-corrected chi connectivity index (χ4v) is 2.69. The Kier molecular flexibility index (Phi) is 4.64. The maximum Gasteiger partial charge on any atom is 0.320 e. The van der Waals surface area contributed by atoms with Gasteiger partial charge in [0.2, 0.25) is 0 Å². The zero-order chi connectivity index (χ0) is 16.1. The van der Waals surface area contributed by atoms with Crippen molar-refractivity contribution < 1.29 is 4.79 Å². The van der Waals surface area contributed by atoms with Crippen LogP contribution in [0.4, 0.5) is 4.79 Å². The van der Waals surface area contributed by atoms with Crippen molar-refractivity contribution in [2.24, 2.45) is 0 Å². The highest BCUT2D eigenvalue weighted by molar-refractivity contribution is 7.80. The van der Waals surface area contributed by atoms with Crippen LogP contribution < -0.4 is 10.6 Å². The standard InChI is InChI=1S/C19H16N2OS/c22-19(20-13-14-7-2-1-3-8-14)21-18(23)17-12-6-10-15-9-4-5-11-16(15)17/h1-12H,13H2,(H2,20,21,22,23). The molecule has 3 aromatic carbocycles. The number of hydrogen-bond acceptors (Lipinski definition) is 2. The summed E-state index contributed by atoms with van der Waals surface area (Å²) in [4.78, 5) is 12.4. The minimum Gasteiger partial charge on any atom is -0.334 e. The summed E-state index contributed by atoms with van der Waals surface area (Å²) < 4.78 is 0. The van der Waals surface area contributed by atoms with E-state index in [0.29, 0.717) is 11.5 Å². The first kappa shape index (κ1) is 15.2. The molecule has 0 unspecified atom stereocenters. The molecule has 0 aliphatic heterocycles. The fraction of sp³-hybridized carbons (Fsp3) is 0.0526. The van der Waals surface area contributed by atoms with E-state index in [2.05, 4.69) is 10.6 Å². The summed E-state index contributed by atoms with van der Waals surface area (Å²) in [5, 5.41) is 7.68. The zero-order valence-corrected chi connectivity index (χ0v) is 13.3. The van der Waals surface area contributed by atoms with Crippen LogP contribution >= 0.6 is 12.2 Å². The van der Waals surface area contributed by atoms with Gasteiger partial charge in [0.1, 0.15) is 4.99 Å². The molecule has 114 valence electrons. The van der Waals surface area contributed by atoms with Gasteiger partial charge in [0.05, 0.1) is 0 Å². The normalized spacial score (nSPS) is 10.3. The van der Waals surface area contributed by atoms with Crippen molar-refractivity contribution in [3.05, 3.63) is 83.9 Å². The lowest BCUT2D eigenvalue weighted by molar-refractivity contribution is 0.245. The summed E-state index contributed by atoms with van der Waals surface area (Å²) in [6, 6.07) is 23.3. The Hall–Kier alpha value is -2.72. The number of carbonyl (C=O) groups is 1. The molecule has 0 saturated heterocycles. The molecule has 0 bridgehead atoms. The van der Waals surface area contributed by atoms with Gasteiger partial charge in [-0.15, -0.1) is 0 Å². The lowest BCUT2D eigenvalue weighted by Crippen LogP contribution is -2.38. The summed E-state index contributed by atoms with van der Waals surface area (Å²) in [5.41, 5.74) is 1.90. The SMILES string of the molecule is O=C(NCc1ccccc1)NC(=S)c1cccc2ccccc12. The molecule has 4 heteroatoms. The molecular formula is C19H16N2OS. The number of fused-ring (bicyclic) bond motifs is 1. The predicted molar refractivity (Wildman–Crippen MR) is 97.5 cm³/mol. The minimum absolute atomic E-state index is 0.299. The van der Waals surface area contributed by atoms with Crippen LogP contribution in [0.15, 0.2) is 72.8 Å². The van der Waals surface area contributed by atoms with E-state index in [1.54, 1.807) is 0 Å². The van der Waals surface area contributed by atoms with Crippen LogP contribution in [0.2, 0.25) is 0 Å². The number of nitrogens with one attached hydrogen (secondary N) is 2. The van der Waals surface area contributed by atoms with Crippen molar-refractivity contribution in [3.8, 4) is 0 Å². The molecule has 0 saturated carbocycles. The highest BCUT2D eigenvalue weighted by Gasteiger charge is 2.09. The molecule has 3 aromatic rings. The van der Waals surface area contributed by atoms with Crippen LogP contribution in [-0.4, -0.2) is 11.0 Å². The third kappa shape index (κ3) is 3.73. The molecular weight excluding hydrogens is 304 g/mol. The molecule has 0 aromatic heterocycles. The first-order chi connectivity index (χ1) is 11.2. The van der Waals surface area contributed by atoms with Gasteiger partial charge in [-0.25, -0.2) is 4.79 Å². The Balaban J connectivity index is 1.67. The second-order valence-corrected chi connectivity index (χ2v) is 5.56. The summed E-state index contributed by atoms with van der Waals surface area (Å²) in [6.45, 7) is 0.463. The van der Waals surface area contributed by atoms with Crippen LogP contribution in [0, 0.1) is 0 Å². The molecule has 3 rings (SSSR count). The van der Waals surface area contributed by atoms with Crippen molar-refractivity contribution >= 4 is 34.0 Å². The van der Waals surface area contributed by atoms with Gasteiger partial charge < -0.3 is 5.32 Å². The lowest BCUT2D eigenvalue weighted by atomic mass is 10.0. The third-order valence-corrected chi connectivity index (χ3v) is 3.88. The first-order valence-electron chi connectivity index (χ1n) is 7.35. The molecule has 2 amide bonds. The predicted octanol–water partition coefficient (Wildman–Crippen LogP) is 4.01. The Bertz CT molecular complexity index is 841. The summed E-state index contributed by atoms with van der Waals surface area (Å²) >= 11 is 5.38. The van der Waals surface area contributed by atoms with Crippen molar-refractivity contribution in [2.45, 2.75) is 6.54 Å². The monoisotopic (exact) mass is 320 g/mol. The van der Waals surface area contributed by atoms with E-state index in [4.69, 9.17) is 12.2 Å². The van der Waals surface area contributed by atoms with E-state index in [1.165, 1.54) is 0 Å². The molecule has 23 heavy (non-hydrogen) atoms. The largest absolute Gasteiger partial charge is 0.334 e. The smallest absolute Gasteiger partial charge is 0.320 e. The average molecular weight is 320 g/mol. The minimum atomic E-state index is -0.299. The van der Waals surface area contributed by atoms with Gasteiger partial charge in [0.15, 0.2) is 0 Å². The highest BCUT2D eigenvalue weighted by atomic mass is 32.1. The number of benzene rings is 3. The van der Waals surface area contributed by atoms with Gasteiger partial charge >= 0.3 is 6.03 Å². The van der Waals surface area contributed by atoms with Gasteiger partial charge in [0, 0.05) is 12.1 Å². The number of amides is 2. The van der Waals surface area contributed by atoms with Crippen LogP contribution in [0.3, 0.4) is 0 Å². The van der Waals surface area contributed by atoms with E-state index in [1.807, 2.05) is 72.8 Å². The van der Waals surface area contributed by atoms with E-state index >= 15 is 0 Å². The number of thiocarbonyl (C=S) groups is 1. The van der Waals surface area contributed by atoms with Crippen LogP contribution in [0.1, 0.15) is 11.1 Å². The quantitative estimate of drug-likeness (QED) is 0.716. The van der Waals surface area contributed by atoms with E-state index in [0.717, 1.165) is 21.9 Å². The van der Waals surface area contributed by atoms with Crippen LogP contribution in [0.5, 0.6) is 0 Å². The van der Waals surface area contributed by atoms with E-state index in [9.17, 15) is 4.79 Å². The topological polar surface area (TPSA) is 41.1 Å². The fourth-order valence-electron chi connectivity index (χ4n) is 2.42. The van der Waals surface area contributed by atoms with Gasteiger partial charge in [-0.2, -0.15) is 0 Å². The Labute approximate surface area is 140 Å². The lowest BCUT2D eigenvalue weighted by Gasteiger charge is -2.11. The molecule has 0 fully saturated rings. The van der Waals surface area contributed by atoms with Crippen molar-refractivity contribution in [1.29, 1.82) is 0 Å². The van der Waals surface area contributed by atoms with Crippen LogP contribution in [0.25, 0.3) is 10.8 Å². The number of rotatable bonds is 3. The molecule has 0 atom stereocenters. The third-order valence-electron chi connectivity index (χ3n) is 3.56. The zero-order valence-electron chi connectivity index (χ0n) is 12.5. The highest BCUT2D eigenvalue weighted by Crippen LogP contribution is 2.18. The van der Waals surface area contributed by atoms with Crippen LogP contribution in [-0.2, 0) is 6.54 Å². The summed E-state index contributed by atoms with van der Waals surface area (Å²) in [6.07, 6.45) is 0. The van der Waals surface area contributed by atoms with E-state index < -0.39 is 0 Å². The van der Waals surface area contributed by atoms with Gasteiger partial charge in [0.25, 0.3) is 0 Å². The van der Waals surface area contributed by atoms with Crippen molar-refractivity contribution in [1.82, 2.24) is 10.6 Å². The molecule has 3 nitrogen and oxygen atoms in total. The summed E-state index contributed by atoms with van der Waals surface area (Å²) in [7, 11) is 0. The van der Waals surface area contributed by atoms with Gasteiger partial charge in [-0.3, -0.25) is 5.32 Å². The Morgan fingerprint density at radius 2 is 1.57 bits per heavy atom.